The lowest BCUT2D eigenvalue weighted by Gasteiger charge is -2.26. The second-order valence-electron chi connectivity index (χ2n) is 7.32. The molecule has 1 aliphatic rings. The van der Waals surface area contributed by atoms with Gasteiger partial charge < -0.3 is 19.3 Å². The predicted octanol–water partition coefficient (Wildman–Crippen LogP) is 3.03. The second kappa shape index (κ2) is 9.56. The van der Waals surface area contributed by atoms with Crippen LogP contribution in [0.15, 0.2) is 48.5 Å². The maximum atomic E-state index is 13.3. The number of rotatable bonds is 8. The number of carbonyl (C=O) groups excluding carboxylic acids is 2. The van der Waals surface area contributed by atoms with Crippen LogP contribution in [0, 0.1) is 12.8 Å². The number of anilines is 1. The van der Waals surface area contributed by atoms with E-state index in [4.69, 9.17) is 9.47 Å². The molecule has 1 heterocycles. The normalized spacial score (nSPS) is 16.2. The van der Waals surface area contributed by atoms with Crippen LogP contribution in [0.5, 0.6) is 5.75 Å². The zero-order valence-corrected chi connectivity index (χ0v) is 17.3. The molecule has 2 aromatic rings. The summed E-state index contributed by atoms with van der Waals surface area (Å²) in [6, 6.07) is 15.6. The summed E-state index contributed by atoms with van der Waals surface area (Å²) in [4.78, 5) is 29.5. The molecule has 154 valence electrons. The van der Waals surface area contributed by atoms with E-state index in [0.717, 1.165) is 16.8 Å². The van der Waals surface area contributed by atoms with E-state index in [1.807, 2.05) is 55.5 Å². The van der Waals surface area contributed by atoms with Gasteiger partial charge in [-0.3, -0.25) is 9.59 Å². The molecule has 3 rings (SSSR count). The van der Waals surface area contributed by atoms with Crippen molar-refractivity contribution in [2.75, 3.05) is 38.8 Å². The van der Waals surface area contributed by atoms with Crippen LogP contribution in [-0.2, 0) is 20.9 Å². The summed E-state index contributed by atoms with van der Waals surface area (Å²) in [7, 11) is 3.21. The zero-order valence-electron chi connectivity index (χ0n) is 17.3. The molecule has 0 spiro atoms. The minimum absolute atomic E-state index is 0.0200. The van der Waals surface area contributed by atoms with Crippen LogP contribution in [0.3, 0.4) is 0 Å². The van der Waals surface area contributed by atoms with Gasteiger partial charge in [0.05, 0.1) is 25.3 Å². The molecule has 1 aliphatic heterocycles. The maximum Gasteiger partial charge on any atom is 0.228 e. The fourth-order valence-electron chi connectivity index (χ4n) is 3.65. The Hall–Kier alpha value is -2.86. The number of nitrogens with zero attached hydrogens (tertiary/aromatic N) is 2. The molecule has 0 saturated carbocycles. The monoisotopic (exact) mass is 396 g/mol. The highest BCUT2D eigenvalue weighted by Crippen LogP contribution is 2.34. The topological polar surface area (TPSA) is 59.1 Å². The first-order valence-electron chi connectivity index (χ1n) is 9.80. The highest BCUT2D eigenvalue weighted by Gasteiger charge is 2.38. The Morgan fingerprint density at radius 2 is 1.93 bits per heavy atom. The number of methoxy groups -OCH3 is 2. The van der Waals surface area contributed by atoms with Crippen LogP contribution in [0.1, 0.15) is 17.5 Å². The van der Waals surface area contributed by atoms with Gasteiger partial charge in [-0.2, -0.15) is 0 Å². The Morgan fingerprint density at radius 3 is 2.62 bits per heavy atom. The first-order chi connectivity index (χ1) is 14.0. The number of hydrogen-bond acceptors (Lipinski definition) is 4. The van der Waals surface area contributed by atoms with Gasteiger partial charge in [-0.1, -0.05) is 36.4 Å². The van der Waals surface area contributed by atoms with Crippen molar-refractivity contribution < 1.29 is 19.1 Å². The van der Waals surface area contributed by atoms with Crippen LogP contribution in [0.4, 0.5) is 5.69 Å². The minimum Gasteiger partial charge on any atom is -0.495 e. The van der Waals surface area contributed by atoms with Crippen molar-refractivity contribution in [1.29, 1.82) is 0 Å². The summed E-state index contributed by atoms with van der Waals surface area (Å²) in [5, 5.41) is 0. The molecule has 2 aromatic carbocycles. The second-order valence-corrected chi connectivity index (χ2v) is 7.32. The summed E-state index contributed by atoms with van der Waals surface area (Å²) < 4.78 is 10.6. The Morgan fingerprint density at radius 1 is 1.17 bits per heavy atom. The third kappa shape index (κ3) is 4.95. The number of aryl methyl sites for hydroxylation is 1. The molecule has 1 fully saturated rings. The van der Waals surface area contributed by atoms with E-state index >= 15 is 0 Å². The molecule has 0 bridgehead atoms. The van der Waals surface area contributed by atoms with E-state index < -0.39 is 0 Å². The van der Waals surface area contributed by atoms with Crippen LogP contribution < -0.4 is 9.64 Å². The van der Waals surface area contributed by atoms with E-state index in [0.29, 0.717) is 32.0 Å². The first-order valence-corrected chi connectivity index (χ1v) is 9.80. The number of ether oxygens (including phenoxy) is 2. The maximum absolute atomic E-state index is 13.3. The number of hydrogen-bond donors (Lipinski definition) is 0. The average molecular weight is 396 g/mol. The first kappa shape index (κ1) is 20.9. The van der Waals surface area contributed by atoms with E-state index in [2.05, 4.69) is 0 Å². The van der Waals surface area contributed by atoms with Gasteiger partial charge >= 0.3 is 0 Å². The van der Waals surface area contributed by atoms with Crippen molar-refractivity contribution >= 4 is 17.5 Å². The Bertz CT molecular complexity index is 853. The quantitative estimate of drug-likeness (QED) is 0.688. The van der Waals surface area contributed by atoms with Gasteiger partial charge in [0.25, 0.3) is 0 Å². The molecule has 0 N–H and O–H groups in total. The van der Waals surface area contributed by atoms with Crippen molar-refractivity contribution in [3.8, 4) is 5.75 Å². The lowest BCUT2D eigenvalue weighted by Crippen LogP contribution is -2.39. The molecule has 6 heteroatoms. The van der Waals surface area contributed by atoms with Crippen molar-refractivity contribution in [2.45, 2.75) is 19.9 Å². The van der Waals surface area contributed by atoms with E-state index in [1.54, 1.807) is 24.0 Å². The van der Waals surface area contributed by atoms with Crippen molar-refractivity contribution in [1.82, 2.24) is 4.90 Å². The van der Waals surface area contributed by atoms with Gasteiger partial charge in [0.1, 0.15) is 5.75 Å². The molecule has 6 nitrogen and oxygen atoms in total. The SMILES string of the molecule is COCCN(Cc1ccccc1)C(=O)C1CC(=O)N(c2cc(C)ccc2OC)C1. The molecule has 1 saturated heterocycles. The molecular formula is C23H28N2O4. The lowest BCUT2D eigenvalue weighted by molar-refractivity contribution is -0.137. The largest absolute Gasteiger partial charge is 0.495 e. The molecule has 29 heavy (non-hydrogen) atoms. The Labute approximate surface area is 172 Å². The van der Waals surface area contributed by atoms with Crippen LogP contribution in [0.25, 0.3) is 0 Å². The summed E-state index contributed by atoms with van der Waals surface area (Å²) in [5.74, 6) is 0.179. The van der Waals surface area contributed by atoms with Gasteiger partial charge in [-0.25, -0.2) is 0 Å². The fraction of sp³-hybridized carbons (Fsp3) is 0.391. The zero-order chi connectivity index (χ0) is 20.8. The number of benzene rings is 2. The van der Waals surface area contributed by atoms with E-state index in [9.17, 15) is 9.59 Å². The Kier molecular flexibility index (Phi) is 6.88. The molecule has 1 unspecified atom stereocenters. The molecule has 0 aromatic heterocycles. The minimum atomic E-state index is -0.381. The van der Waals surface area contributed by atoms with Crippen LogP contribution in [0.2, 0.25) is 0 Å². The van der Waals surface area contributed by atoms with Gasteiger partial charge in [0, 0.05) is 33.2 Å². The molecule has 1 atom stereocenters. The molecular weight excluding hydrogens is 368 g/mol. The fourth-order valence-corrected chi connectivity index (χ4v) is 3.65. The highest BCUT2D eigenvalue weighted by atomic mass is 16.5. The van der Waals surface area contributed by atoms with Gasteiger partial charge in [0.15, 0.2) is 0 Å². The standard InChI is InChI=1S/C23H28N2O4/c1-17-9-10-21(29-3)20(13-17)25-16-19(14-22(25)26)23(27)24(11-12-28-2)15-18-7-5-4-6-8-18/h4-10,13,19H,11-12,14-16H2,1-3H3. The van der Waals surface area contributed by atoms with E-state index in [-0.39, 0.29) is 24.2 Å². The van der Waals surface area contributed by atoms with Gasteiger partial charge in [-0.15, -0.1) is 0 Å². The predicted molar refractivity (Wildman–Crippen MR) is 112 cm³/mol. The van der Waals surface area contributed by atoms with Crippen molar-refractivity contribution in [3.63, 3.8) is 0 Å². The number of carbonyl (C=O) groups is 2. The number of amides is 2. The van der Waals surface area contributed by atoms with Crippen molar-refractivity contribution in [3.05, 3.63) is 59.7 Å². The smallest absolute Gasteiger partial charge is 0.228 e. The van der Waals surface area contributed by atoms with Crippen LogP contribution >= 0.6 is 0 Å². The summed E-state index contributed by atoms with van der Waals surface area (Å²) in [6.45, 7) is 3.77. The highest BCUT2D eigenvalue weighted by molar-refractivity contribution is 6.01. The van der Waals surface area contributed by atoms with Crippen LogP contribution in [-0.4, -0.2) is 50.6 Å². The summed E-state index contributed by atoms with van der Waals surface area (Å²) in [5.41, 5.74) is 2.81. The third-order valence-electron chi connectivity index (χ3n) is 5.19. The molecule has 0 aliphatic carbocycles. The van der Waals surface area contributed by atoms with Crippen molar-refractivity contribution in [2.24, 2.45) is 5.92 Å². The summed E-state index contributed by atoms with van der Waals surface area (Å²) in [6.07, 6.45) is 0.203. The Balaban J connectivity index is 1.77. The average Bonchev–Trinajstić information content (AvgIpc) is 3.12. The van der Waals surface area contributed by atoms with E-state index in [1.165, 1.54) is 0 Å². The molecule has 2 amide bonds. The lowest BCUT2D eigenvalue weighted by atomic mass is 10.1. The third-order valence-corrected chi connectivity index (χ3v) is 5.19. The van der Waals surface area contributed by atoms with Gasteiger partial charge in [-0.05, 0) is 30.2 Å². The molecule has 0 radical (unpaired) electrons. The van der Waals surface area contributed by atoms with Gasteiger partial charge in [0.2, 0.25) is 11.8 Å². The summed E-state index contributed by atoms with van der Waals surface area (Å²) >= 11 is 0.